The number of nitrogens with zero attached hydrogens (tertiary/aromatic N) is 1. The highest BCUT2D eigenvalue weighted by atomic mass is 79.9. The predicted molar refractivity (Wildman–Crippen MR) is 81.0 cm³/mol. The van der Waals surface area contributed by atoms with E-state index in [4.69, 9.17) is 5.84 Å². The Balaban J connectivity index is 2.91. The molecule has 1 aromatic rings. The van der Waals surface area contributed by atoms with Crippen molar-refractivity contribution in [3.8, 4) is 0 Å². The SMILES string of the molecule is CC(C)(CNC(=O)c1cc(Br)cnc1NN)S(C)(=O)=O. The molecule has 20 heavy (non-hydrogen) atoms. The number of nitrogens with two attached hydrogens (primary N) is 1. The number of rotatable bonds is 5. The number of halogens is 1. The summed E-state index contributed by atoms with van der Waals surface area (Å²) in [5.41, 5.74) is 2.55. The highest BCUT2D eigenvalue weighted by molar-refractivity contribution is 9.10. The topological polar surface area (TPSA) is 114 Å². The Bertz CT molecular complexity index is 616. The summed E-state index contributed by atoms with van der Waals surface area (Å²) in [6.07, 6.45) is 2.62. The molecule has 0 radical (unpaired) electrons. The third-order valence-corrected chi connectivity index (χ3v) is 5.50. The highest BCUT2D eigenvalue weighted by Crippen LogP contribution is 2.18. The lowest BCUT2D eigenvalue weighted by atomic mass is 10.2. The third kappa shape index (κ3) is 3.90. The highest BCUT2D eigenvalue weighted by Gasteiger charge is 2.30. The van der Waals surface area contributed by atoms with E-state index in [9.17, 15) is 13.2 Å². The zero-order chi connectivity index (χ0) is 15.6. The minimum atomic E-state index is -3.28. The quantitative estimate of drug-likeness (QED) is 0.522. The van der Waals surface area contributed by atoms with E-state index < -0.39 is 20.5 Å². The minimum absolute atomic E-state index is 0.0127. The van der Waals surface area contributed by atoms with Crippen LogP contribution in [-0.2, 0) is 9.84 Å². The second-order valence-corrected chi connectivity index (χ2v) is 8.47. The number of hydrogen-bond acceptors (Lipinski definition) is 6. The molecule has 0 bridgehead atoms. The second kappa shape index (κ2) is 6.06. The lowest BCUT2D eigenvalue weighted by Gasteiger charge is -2.23. The molecule has 1 amide bonds. The van der Waals surface area contributed by atoms with Crippen molar-refractivity contribution in [2.45, 2.75) is 18.6 Å². The fourth-order valence-electron chi connectivity index (χ4n) is 1.25. The van der Waals surface area contributed by atoms with Crippen molar-refractivity contribution in [3.63, 3.8) is 0 Å². The largest absolute Gasteiger partial charge is 0.350 e. The molecule has 9 heteroatoms. The number of nitrogens with one attached hydrogen (secondary N) is 2. The second-order valence-electron chi connectivity index (χ2n) is 4.91. The van der Waals surface area contributed by atoms with Gasteiger partial charge in [0, 0.05) is 23.5 Å². The van der Waals surface area contributed by atoms with Crippen molar-refractivity contribution >= 4 is 37.5 Å². The minimum Gasteiger partial charge on any atom is -0.350 e. The molecule has 0 aliphatic carbocycles. The van der Waals surface area contributed by atoms with Gasteiger partial charge in [0.25, 0.3) is 5.91 Å². The van der Waals surface area contributed by atoms with E-state index in [2.05, 4.69) is 31.7 Å². The molecule has 1 heterocycles. The van der Waals surface area contributed by atoms with Crippen LogP contribution in [0.3, 0.4) is 0 Å². The molecule has 112 valence electrons. The number of amides is 1. The van der Waals surface area contributed by atoms with Crippen LogP contribution in [0, 0.1) is 0 Å². The number of pyridine rings is 1. The standard InChI is InChI=1S/C11H17BrN4O3S/c1-11(2,20(3,18)19)6-15-10(17)8-4-7(12)5-14-9(8)16-13/h4-5H,6,13H2,1-3H3,(H,14,16)(H,15,17). The molecule has 4 N–H and O–H groups in total. The summed E-state index contributed by atoms with van der Waals surface area (Å²) in [7, 11) is -3.28. The Kier molecular flexibility index (Phi) is 5.11. The molecule has 1 aromatic heterocycles. The van der Waals surface area contributed by atoms with Gasteiger partial charge < -0.3 is 10.7 Å². The van der Waals surface area contributed by atoms with E-state index in [-0.39, 0.29) is 17.9 Å². The van der Waals surface area contributed by atoms with Gasteiger partial charge in [-0.1, -0.05) is 0 Å². The van der Waals surface area contributed by atoms with Crippen LogP contribution in [0.25, 0.3) is 0 Å². The average Bonchev–Trinajstić information content (AvgIpc) is 2.34. The van der Waals surface area contributed by atoms with Crippen LogP contribution in [-0.4, -0.2) is 36.9 Å². The average molecular weight is 365 g/mol. The fraction of sp³-hybridized carbons (Fsp3) is 0.455. The molecule has 0 fully saturated rings. The first-order valence-corrected chi connectivity index (χ1v) is 8.37. The van der Waals surface area contributed by atoms with Crippen LogP contribution in [0.1, 0.15) is 24.2 Å². The van der Waals surface area contributed by atoms with Gasteiger partial charge in [-0.3, -0.25) is 4.79 Å². The summed E-state index contributed by atoms with van der Waals surface area (Å²) >= 11 is 3.21. The summed E-state index contributed by atoms with van der Waals surface area (Å²) in [4.78, 5) is 16.0. The van der Waals surface area contributed by atoms with Gasteiger partial charge in [0.1, 0.15) is 0 Å². The van der Waals surface area contributed by atoms with Gasteiger partial charge in [0.05, 0.1) is 10.3 Å². The Labute approximate surface area is 126 Å². The lowest BCUT2D eigenvalue weighted by Crippen LogP contribution is -2.44. The van der Waals surface area contributed by atoms with E-state index in [1.165, 1.54) is 6.20 Å². The first-order valence-electron chi connectivity index (χ1n) is 5.68. The number of carbonyl (C=O) groups is 1. The maximum absolute atomic E-state index is 12.1. The molecule has 1 rings (SSSR count). The van der Waals surface area contributed by atoms with Gasteiger partial charge in [0.15, 0.2) is 15.7 Å². The Hall–Kier alpha value is -1.19. The Morgan fingerprint density at radius 3 is 2.60 bits per heavy atom. The summed E-state index contributed by atoms with van der Waals surface area (Å²) in [5.74, 6) is 5.04. The van der Waals surface area contributed by atoms with Crippen molar-refractivity contribution in [1.29, 1.82) is 0 Å². The van der Waals surface area contributed by atoms with Gasteiger partial charge in [-0.05, 0) is 35.8 Å². The lowest BCUT2D eigenvalue weighted by molar-refractivity contribution is 0.0951. The van der Waals surface area contributed by atoms with Crippen LogP contribution in [0.5, 0.6) is 0 Å². The molecular weight excluding hydrogens is 348 g/mol. The van der Waals surface area contributed by atoms with Gasteiger partial charge in [-0.15, -0.1) is 0 Å². The van der Waals surface area contributed by atoms with E-state index in [0.717, 1.165) is 6.26 Å². The molecule has 0 saturated heterocycles. The van der Waals surface area contributed by atoms with Crippen LogP contribution >= 0.6 is 15.9 Å². The Morgan fingerprint density at radius 2 is 2.10 bits per heavy atom. The van der Waals surface area contributed by atoms with Crippen molar-refractivity contribution in [3.05, 3.63) is 22.3 Å². The van der Waals surface area contributed by atoms with E-state index in [1.807, 2.05) is 0 Å². The molecule has 0 unspecified atom stereocenters. The number of nitrogen functional groups attached to an aromatic ring is 1. The fourth-order valence-corrected chi connectivity index (χ4v) is 1.91. The van der Waals surface area contributed by atoms with Crippen molar-refractivity contribution in [2.24, 2.45) is 5.84 Å². The summed E-state index contributed by atoms with van der Waals surface area (Å²) in [6.45, 7) is 3.08. The van der Waals surface area contributed by atoms with E-state index in [0.29, 0.717) is 4.47 Å². The van der Waals surface area contributed by atoms with Gasteiger partial charge in [-0.25, -0.2) is 19.2 Å². The monoisotopic (exact) mass is 364 g/mol. The number of hydrazine groups is 1. The molecule has 7 nitrogen and oxygen atoms in total. The third-order valence-electron chi connectivity index (χ3n) is 2.91. The first kappa shape index (κ1) is 16.9. The van der Waals surface area contributed by atoms with Crippen LogP contribution < -0.4 is 16.6 Å². The molecule has 0 saturated carbocycles. The molecule has 0 atom stereocenters. The van der Waals surface area contributed by atoms with Gasteiger partial charge >= 0.3 is 0 Å². The zero-order valence-electron chi connectivity index (χ0n) is 11.4. The van der Waals surface area contributed by atoms with Gasteiger partial charge in [0.2, 0.25) is 0 Å². The summed E-state index contributed by atoms with van der Waals surface area (Å²) in [6, 6.07) is 1.55. The predicted octanol–water partition coefficient (Wildman–Crippen LogP) is 0.683. The number of aromatic nitrogens is 1. The number of hydrogen-bond donors (Lipinski definition) is 3. The number of carbonyl (C=O) groups excluding carboxylic acids is 1. The summed E-state index contributed by atoms with van der Waals surface area (Å²) < 4.78 is 22.7. The first-order chi connectivity index (χ1) is 9.08. The molecule has 0 spiro atoms. The maximum atomic E-state index is 12.1. The van der Waals surface area contributed by atoms with Crippen molar-refractivity contribution < 1.29 is 13.2 Å². The normalized spacial score (nSPS) is 12.1. The van der Waals surface area contributed by atoms with Crippen molar-refractivity contribution in [1.82, 2.24) is 10.3 Å². The number of sulfone groups is 1. The maximum Gasteiger partial charge on any atom is 0.255 e. The Morgan fingerprint density at radius 1 is 1.50 bits per heavy atom. The molecule has 0 aliphatic heterocycles. The van der Waals surface area contributed by atoms with Crippen molar-refractivity contribution in [2.75, 3.05) is 18.2 Å². The van der Waals surface area contributed by atoms with E-state index in [1.54, 1.807) is 19.9 Å². The smallest absolute Gasteiger partial charge is 0.255 e. The molecular formula is C11H17BrN4O3S. The van der Waals surface area contributed by atoms with Crippen LogP contribution in [0.15, 0.2) is 16.7 Å². The number of anilines is 1. The molecule has 0 aliphatic rings. The van der Waals surface area contributed by atoms with Gasteiger partial charge in [-0.2, -0.15) is 0 Å². The molecule has 0 aromatic carbocycles. The van der Waals surface area contributed by atoms with Crippen LogP contribution in [0.4, 0.5) is 5.82 Å². The van der Waals surface area contributed by atoms with Crippen LogP contribution in [0.2, 0.25) is 0 Å². The summed E-state index contributed by atoms with van der Waals surface area (Å²) in [5, 5.41) is 2.57. The zero-order valence-corrected chi connectivity index (χ0v) is 13.8. The van der Waals surface area contributed by atoms with E-state index >= 15 is 0 Å².